The third-order valence-corrected chi connectivity index (χ3v) is 5.75. The maximum absolute atomic E-state index is 12.3. The summed E-state index contributed by atoms with van der Waals surface area (Å²) in [5.41, 5.74) is 0.360. The summed E-state index contributed by atoms with van der Waals surface area (Å²) in [6.07, 6.45) is 2.16. The topological polar surface area (TPSA) is 29.4 Å². The molecule has 0 bridgehead atoms. The Balaban J connectivity index is 2.68. The SMILES string of the molecule is CC(C)N=S1(=O)CCC(C(C)(C)C)CC1. The summed E-state index contributed by atoms with van der Waals surface area (Å²) >= 11 is 0. The Morgan fingerprint density at radius 2 is 1.67 bits per heavy atom. The van der Waals surface area contributed by atoms with Crippen LogP contribution < -0.4 is 0 Å². The predicted molar refractivity (Wildman–Crippen MR) is 67.6 cm³/mol. The molecule has 0 spiro atoms. The van der Waals surface area contributed by atoms with Crippen LogP contribution >= 0.6 is 0 Å². The van der Waals surface area contributed by atoms with Gasteiger partial charge in [-0.2, -0.15) is 0 Å². The van der Waals surface area contributed by atoms with Crippen molar-refractivity contribution in [2.75, 3.05) is 11.5 Å². The molecule has 0 N–H and O–H groups in total. The van der Waals surface area contributed by atoms with Gasteiger partial charge in [0.1, 0.15) is 0 Å². The van der Waals surface area contributed by atoms with E-state index in [1.165, 1.54) is 0 Å². The first-order valence-corrected chi connectivity index (χ1v) is 7.80. The monoisotopic (exact) mass is 231 g/mol. The first-order valence-electron chi connectivity index (χ1n) is 5.94. The highest BCUT2D eigenvalue weighted by Crippen LogP contribution is 2.35. The molecule has 1 heterocycles. The second-order valence-corrected chi connectivity index (χ2v) is 8.59. The lowest BCUT2D eigenvalue weighted by atomic mass is 9.77. The van der Waals surface area contributed by atoms with E-state index >= 15 is 0 Å². The smallest absolute Gasteiger partial charge is 0.0537 e. The summed E-state index contributed by atoms with van der Waals surface area (Å²) < 4.78 is 16.7. The van der Waals surface area contributed by atoms with Crippen molar-refractivity contribution < 1.29 is 4.21 Å². The summed E-state index contributed by atoms with van der Waals surface area (Å²) in [7, 11) is -1.86. The van der Waals surface area contributed by atoms with E-state index in [-0.39, 0.29) is 6.04 Å². The molecule has 1 rings (SSSR count). The zero-order chi connectivity index (χ0) is 11.7. The van der Waals surface area contributed by atoms with E-state index in [4.69, 9.17) is 0 Å². The molecule has 2 nitrogen and oxygen atoms in total. The molecular weight excluding hydrogens is 206 g/mol. The molecule has 1 fully saturated rings. The van der Waals surface area contributed by atoms with Gasteiger partial charge in [0.15, 0.2) is 0 Å². The normalized spacial score (nSPS) is 33.1. The standard InChI is InChI=1S/C12H25NOS/c1-10(2)13-15(14)8-6-11(7-9-15)12(3,4)5/h10-11H,6-9H2,1-5H3. The molecule has 90 valence electrons. The van der Waals surface area contributed by atoms with Gasteiger partial charge in [-0.15, -0.1) is 0 Å². The molecular formula is C12H25NOS. The quantitative estimate of drug-likeness (QED) is 0.680. The Morgan fingerprint density at radius 3 is 2.00 bits per heavy atom. The number of rotatable bonds is 1. The van der Waals surface area contributed by atoms with Crippen molar-refractivity contribution in [1.82, 2.24) is 0 Å². The Hall–Kier alpha value is -0.0500. The minimum absolute atomic E-state index is 0.212. The fraction of sp³-hybridized carbons (Fsp3) is 1.00. The molecule has 0 aromatic rings. The molecule has 0 saturated carbocycles. The molecule has 1 aliphatic heterocycles. The van der Waals surface area contributed by atoms with E-state index in [1.54, 1.807) is 0 Å². The molecule has 3 heteroatoms. The van der Waals surface area contributed by atoms with Gasteiger partial charge >= 0.3 is 0 Å². The lowest BCUT2D eigenvalue weighted by Crippen LogP contribution is -2.31. The Kier molecular flexibility index (Phi) is 3.85. The second kappa shape index (κ2) is 4.44. The van der Waals surface area contributed by atoms with Crippen LogP contribution in [0.5, 0.6) is 0 Å². The molecule has 1 aliphatic rings. The van der Waals surface area contributed by atoms with E-state index in [0.717, 1.165) is 30.3 Å². The van der Waals surface area contributed by atoms with Crippen LogP contribution in [0.4, 0.5) is 0 Å². The number of hydrogen-bond acceptors (Lipinski definition) is 2. The molecule has 0 amide bonds. The molecule has 15 heavy (non-hydrogen) atoms. The van der Waals surface area contributed by atoms with Crippen molar-refractivity contribution in [2.24, 2.45) is 15.7 Å². The average Bonchev–Trinajstić information content (AvgIpc) is 2.00. The van der Waals surface area contributed by atoms with Crippen LogP contribution in [0.3, 0.4) is 0 Å². The minimum atomic E-state index is -1.86. The highest BCUT2D eigenvalue weighted by Gasteiger charge is 2.30. The van der Waals surface area contributed by atoms with Gasteiger partial charge in [-0.25, -0.2) is 8.57 Å². The van der Waals surface area contributed by atoms with Crippen LogP contribution in [0.15, 0.2) is 4.36 Å². The first kappa shape index (κ1) is 13.0. The van der Waals surface area contributed by atoms with E-state index in [0.29, 0.717) is 5.41 Å². The summed E-state index contributed by atoms with van der Waals surface area (Å²) in [5.74, 6) is 2.34. The van der Waals surface area contributed by atoms with Gasteiger partial charge in [-0.3, -0.25) is 0 Å². The van der Waals surface area contributed by atoms with Crippen LogP contribution in [-0.2, 0) is 9.73 Å². The van der Waals surface area contributed by atoms with Gasteiger partial charge in [-0.1, -0.05) is 20.8 Å². The Bertz CT molecular complexity index is 305. The van der Waals surface area contributed by atoms with Crippen LogP contribution in [0, 0.1) is 11.3 Å². The number of hydrogen-bond donors (Lipinski definition) is 0. The van der Waals surface area contributed by atoms with Gasteiger partial charge in [0.2, 0.25) is 0 Å². The lowest BCUT2D eigenvalue weighted by Gasteiger charge is -2.35. The summed E-state index contributed by atoms with van der Waals surface area (Å²) in [5, 5.41) is 0. The Labute approximate surface area is 95.0 Å². The highest BCUT2D eigenvalue weighted by atomic mass is 32.2. The molecule has 0 radical (unpaired) electrons. The average molecular weight is 231 g/mol. The van der Waals surface area contributed by atoms with Crippen LogP contribution in [-0.4, -0.2) is 21.8 Å². The van der Waals surface area contributed by atoms with Crippen LogP contribution in [0.25, 0.3) is 0 Å². The van der Waals surface area contributed by atoms with E-state index in [1.807, 2.05) is 13.8 Å². The zero-order valence-electron chi connectivity index (χ0n) is 10.7. The number of nitrogens with zero attached hydrogens (tertiary/aromatic N) is 1. The zero-order valence-corrected chi connectivity index (χ0v) is 11.6. The molecule has 1 saturated heterocycles. The highest BCUT2D eigenvalue weighted by molar-refractivity contribution is 7.93. The van der Waals surface area contributed by atoms with Crippen molar-refractivity contribution >= 4 is 9.73 Å². The second-order valence-electron chi connectivity index (χ2n) is 6.02. The predicted octanol–water partition coefficient (Wildman–Crippen LogP) is 3.32. The van der Waals surface area contributed by atoms with E-state index in [2.05, 4.69) is 25.1 Å². The van der Waals surface area contributed by atoms with Crippen molar-refractivity contribution in [2.45, 2.75) is 53.5 Å². The fourth-order valence-electron chi connectivity index (χ4n) is 2.25. The van der Waals surface area contributed by atoms with Crippen LogP contribution in [0.1, 0.15) is 47.5 Å². The van der Waals surface area contributed by atoms with Gasteiger partial charge in [-0.05, 0) is 38.0 Å². The molecule has 0 atom stereocenters. The molecule has 0 aliphatic carbocycles. The van der Waals surface area contributed by atoms with Crippen molar-refractivity contribution in [3.63, 3.8) is 0 Å². The summed E-state index contributed by atoms with van der Waals surface area (Å²) in [6.45, 7) is 10.9. The van der Waals surface area contributed by atoms with E-state index in [9.17, 15) is 4.21 Å². The molecule has 0 unspecified atom stereocenters. The fourth-order valence-corrected chi connectivity index (χ4v) is 4.74. The minimum Gasteiger partial charge on any atom is -0.250 e. The van der Waals surface area contributed by atoms with E-state index < -0.39 is 9.73 Å². The third kappa shape index (κ3) is 3.78. The van der Waals surface area contributed by atoms with Crippen molar-refractivity contribution in [3.8, 4) is 0 Å². The first-order chi connectivity index (χ1) is 6.73. The van der Waals surface area contributed by atoms with Crippen LogP contribution in [0.2, 0.25) is 0 Å². The van der Waals surface area contributed by atoms with Gasteiger partial charge in [0.05, 0.1) is 6.04 Å². The van der Waals surface area contributed by atoms with Crippen molar-refractivity contribution in [1.29, 1.82) is 0 Å². The maximum atomic E-state index is 12.3. The van der Waals surface area contributed by atoms with Gasteiger partial charge in [0.25, 0.3) is 0 Å². The summed E-state index contributed by atoms with van der Waals surface area (Å²) in [4.78, 5) is 0. The third-order valence-electron chi connectivity index (χ3n) is 3.20. The Morgan fingerprint density at radius 1 is 1.20 bits per heavy atom. The van der Waals surface area contributed by atoms with Gasteiger partial charge in [0, 0.05) is 21.2 Å². The molecule has 0 aromatic heterocycles. The molecule has 0 aromatic carbocycles. The van der Waals surface area contributed by atoms with Crippen molar-refractivity contribution in [3.05, 3.63) is 0 Å². The maximum Gasteiger partial charge on any atom is 0.0537 e. The summed E-state index contributed by atoms with van der Waals surface area (Å²) in [6, 6.07) is 0.212. The van der Waals surface area contributed by atoms with Gasteiger partial charge < -0.3 is 0 Å². The lowest BCUT2D eigenvalue weighted by molar-refractivity contribution is 0.223. The largest absolute Gasteiger partial charge is 0.250 e.